The number of aryl methyl sites for hydroxylation is 1. The average molecular weight is 359 g/mol. The van der Waals surface area contributed by atoms with Crippen molar-refractivity contribution in [3.63, 3.8) is 0 Å². The summed E-state index contributed by atoms with van der Waals surface area (Å²) in [6.07, 6.45) is 5.46. The van der Waals surface area contributed by atoms with Crippen molar-refractivity contribution in [2.45, 2.75) is 26.2 Å². The van der Waals surface area contributed by atoms with Crippen LogP contribution in [0.1, 0.15) is 35.7 Å². The fourth-order valence-electron chi connectivity index (χ4n) is 2.99. The predicted octanol–water partition coefficient (Wildman–Crippen LogP) is 2.83. The van der Waals surface area contributed by atoms with Gasteiger partial charge < -0.3 is 4.90 Å². The van der Waals surface area contributed by atoms with Gasteiger partial charge in [0.05, 0.1) is 17.0 Å². The molecule has 0 saturated heterocycles. The average Bonchev–Trinajstić information content (AvgIpc) is 2.61. The van der Waals surface area contributed by atoms with Crippen LogP contribution >= 0.6 is 0 Å². The molecule has 0 saturated carbocycles. The molecule has 0 radical (unpaired) electrons. The van der Waals surface area contributed by atoms with Crippen LogP contribution in [0.15, 0.2) is 42.7 Å². The lowest BCUT2D eigenvalue weighted by Crippen LogP contribution is -2.35. The number of sulfonamides is 1. The predicted molar refractivity (Wildman–Crippen MR) is 98.4 cm³/mol. The molecule has 25 heavy (non-hydrogen) atoms. The zero-order valence-electron chi connectivity index (χ0n) is 14.1. The van der Waals surface area contributed by atoms with Crippen LogP contribution in [-0.2, 0) is 16.4 Å². The molecule has 0 bridgehead atoms. The summed E-state index contributed by atoms with van der Waals surface area (Å²) in [5.74, 6) is -0.0507. The minimum Gasteiger partial charge on any atom is -0.308 e. The number of carbonyl (C=O) groups is 1. The van der Waals surface area contributed by atoms with Crippen molar-refractivity contribution in [3.05, 3.63) is 53.9 Å². The molecule has 1 aliphatic heterocycles. The molecule has 0 unspecified atom stereocenters. The van der Waals surface area contributed by atoms with Crippen LogP contribution in [0.4, 0.5) is 11.4 Å². The third-order valence-electron chi connectivity index (χ3n) is 4.10. The van der Waals surface area contributed by atoms with Crippen LogP contribution in [0.3, 0.4) is 0 Å². The Morgan fingerprint density at radius 1 is 1.32 bits per heavy atom. The topological polar surface area (TPSA) is 79.4 Å². The summed E-state index contributed by atoms with van der Waals surface area (Å²) in [5.41, 5.74) is 2.81. The van der Waals surface area contributed by atoms with Gasteiger partial charge in [-0.15, -0.1) is 0 Å². The van der Waals surface area contributed by atoms with E-state index in [1.165, 1.54) is 0 Å². The Hall–Kier alpha value is -2.41. The first-order valence-electron chi connectivity index (χ1n) is 8.35. The Kier molecular flexibility index (Phi) is 5.03. The molecule has 0 fully saturated rings. The van der Waals surface area contributed by atoms with Gasteiger partial charge in [0.1, 0.15) is 0 Å². The van der Waals surface area contributed by atoms with Crippen molar-refractivity contribution < 1.29 is 13.2 Å². The van der Waals surface area contributed by atoms with Gasteiger partial charge in [-0.1, -0.05) is 13.0 Å². The van der Waals surface area contributed by atoms with Gasteiger partial charge in [0, 0.05) is 24.6 Å². The van der Waals surface area contributed by atoms with E-state index in [2.05, 4.69) is 9.71 Å². The molecule has 0 spiro atoms. The number of fused-ring (bicyclic) bond motifs is 1. The van der Waals surface area contributed by atoms with Crippen molar-refractivity contribution in [1.82, 2.24) is 4.98 Å². The van der Waals surface area contributed by atoms with Gasteiger partial charge >= 0.3 is 0 Å². The van der Waals surface area contributed by atoms with Gasteiger partial charge in [0.25, 0.3) is 5.91 Å². The molecule has 2 heterocycles. The summed E-state index contributed by atoms with van der Waals surface area (Å²) in [6.45, 7) is 2.42. The van der Waals surface area contributed by atoms with Gasteiger partial charge in [0.2, 0.25) is 10.0 Å². The number of benzene rings is 1. The number of anilines is 2. The first-order valence-corrected chi connectivity index (χ1v) is 10.0. The standard InChI is InChI=1S/C18H21N3O3S/c1-2-11-25(23,24)20-16-8-7-14-6-4-10-21(17(14)12-16)18(22)15-5-3-9-19-13-15/h3,5,7-9,12-13,20H,2,4,6,10-11H2,1H3. The number of carbonyl (C=O) groups excluding carboxylic acids is 1. The Morgan fingerprint density at radius 3 is 2.88 bits per heavy atom. The van der Waals surface area contributed by atoms with E-state index in [1.807, 2.05) is 13.0 Å². The molecule has 1 aromatic heterocycles. The van der Waals surface area contributed by atoms with E-state index >= 15 is 0 Å². The summed E-state index contributed by atoms with van der Waals surface area (Å²) in [7, 11) is -3.36. The highest BCUT2D eigenvalue weighted by molar-refractivity contribution is 7.92. The number of aromatic nitrogens is 1. The number of pyridine rings is 1. The first-order chi connectivity index (χ1) is 12.0. The van der Waals surface area contributed by atoms with Crippen LogP contribution in [0, 0.1) is 0 Å². The molecular formula is C18H21N3O3S. The van der Waals surface area contributed by atoms with Crippen molar-refractivity contribution in [2.24, 2.45) is 0 Å². The molecule has 7 heteroatoms. The van der Waals surface area contributed by atoms with E-state index < -0.39 is 10.0 Å². The highest BCUT2D eigenvalue weighted by Gasteiger charge is 2.24. The lowest BCUT2D eigenvalue weighted by molar-refractivity contribution is 0.0985. The second kappa shape index (κ2) is 7.23. The summed E-state index contributed by atoms with van der Waals surface area (Å²) in [4.78, 5) is 18.5. The van der Waals surface area contributed by atoms with Crippen molar-refractivity contribution in [3.8, 4) is 0 Å². The van der Waals surface area contributed by atoms with E-state index in [4.69, 9.17) is 0 Å². The van der Waals surface area contributed by atoms with E-state index in [0.29, 0.717) is 24.2 Å². The molecule has 3 rings (SSSR count). The molecule has 6 nitrogen and oxygen atoms in total. The quantitative estimate of drug-likeness (QED) is 0.890. The normalized spacial score (nSPS) is 14.0. The highest BCUT2D eigenvalue weighted by Crippen LogP contribution is 2.31. The molecule has 1 aromatic carbocycles. The lowest BCUT2D eigenvalue weighted by Gasteiger charge is -2.30. The number of hydrogen-bond acceptors (Lipinski definition) is 4. The summed E-state index contributed by atoms with van der Waals surface area (Å²) >= 11 is 0. The number of hydrogen-bond donors (Lipinski definition) is 1. The van der Waals surface area contributed by atoms with E-state index in [9.17, 15) is 13.2 Å². The van der Waals surface area contributed by atoms with Gasteiger partial charge in [0.15, 0.2) is 0 Å². The van der Waals surface area contributed by atoms with Crippen molar-refractivity contribution in [1.29, 1.82) is 0 Å². The molecule has 2 aromatic rings. The number of rotatable bonds is 5. The van der Waals surface area contributed by atoms with Crippen LogP contribution < -0.4 is 9.62 Å². The fraction of sp³-hybridized carbons (Fsp3) is 0.333. The fourth-order valence-corrected chi connectivity index (χ4v) is 4.12. The van der Waals surface area contributed by atoms with Crippen LogP contribution in [0.5, 0.6) is 0 Å². The third kappa shape index (κ3) is 3.99. The second-order valence-electron chi connectivity index (χ2n) is 6.07. The molecule has 1 N–H and O–H groups in total. The number of amides is 1. The Balaban J connectivity index is 1.92. The van der Waals surface area contributed by atoms with Crippen molar-refractivity contribution in [2.75, 3.05) is 21.9 Å². The molecule has 132 valence electrons. The van der Waals surface area contributed by atoms with Gasteiger partial charge in [-0.05, 0) is 49.1 Å². The Bertz CT molecular complexity index is 866. The molecular weight excluding hydrogens is 338 g/mol. The Labute approximate surface area is 147 Å². The Morgan fingerprint density at radius 2 is 2.16 bits per heavy atom. The minimum absolute atomic E-state index is 0.0718. The third-order valence-corrected chi connectivity index (χ3v) is 5.60. The molecule has 1 amide bonds. The zero-order valence-corrected chi connectivity index (χ0v) is 14.9. The second-order valence-corrected chi connectivity index (χ2v) is 7.91. The van der Waals surface area contributed by atoms with E-state index in [0.717, 1.165) is 24.1 Å². The smallest absolute Gasteiger partial charge is 0.259 e. The van der Waals surface area contributed by atoms with Crippen LogP contribution in [-0.4, -0.2) is 31.6 Å². The summed E-state index contributed by atoms with van der Waals surface area (Å²) < 4.78 is 26.6. The summed E-state index contributed by atoms with van der Waals surface area (Å²) in [6, 6.07) is 8.85. The van der Waals surface area contributed by atoms with Crippen molar-refractivity contribution >= 4 is 27.3 Å². The maximum Gasteiger partial charge on any atom is 0.259 e. The van der Waals surface area contributed by atoms with E-state index in [1.54, 1.807) is 41.6 Å². The SMILES string of the molecule is CCCS(=O)(=O)Nc1ccc2c(c1)N(C(=O)c1cccnc1)CCC2. The molecule has 0 atom stereocenters. The van der Waals surface area contributed by atoms with Crippen LogP contribution in [0.25, 0.3) is 0 Å². The molecule has 0 aliphatic carbocycles. The highest BCUT2D eigenvalue weighted by atomic mass is 32.2. The lowest BCUT2D eigenvalue weighted by atomic mass is 10.0. The largest absolute Gasteiger partial charge is 0.308 e. The first kappa shape index (κ1) is 17.4. The zero-order chi connectivity index (χ0) is 17.9. The summed E-state index contributed by atoms with van der Waals surface area (Å²) in [5, 5.41) is 0. The minimum atomic E-state index is -3.36. The molecule has 1 aliphatic rings. The van der Waals surface area contributed by atoms with Gasteiger partial charge in [-0.3, -0.25) is 14.5 Å². The van der Waals surface area contributed by atoms with E-state index in [-0.39, 0.29) is 11.7 Å². The van der Waals surface area contributed by atoms with Crippen LogP contribution in [0.2, 0.25) is 0 Å². The monoisotopic (exact) mass is 359 g/mol. The maximum absolute atomic E-state index is 12.8. The number of nitrogens with zero attached hydrogens (tertiary/aromatic N) is 2. The van der Waals surface area contributed by atoms with Gasteiger partial charge in [-0.2, -0.15) is 0 Å². The van der Waals surface area contributed by atoms with Gasteiger partial charge in [-0.25, -0.2) is 8.42 Å². The number of nitrogens with one attached hydrogen (secondary N) is 1. The maximum atomic E-state index is 12.8.